The summed E-state index contributed by atoms with van der Waals surface area (Å²) in [6.07, 6.45) is 15.6. The molecule has 4 heterocycles. The fraction of sp³-hybridized carbons (Fsp3) is 0.600. The molecule has 0 radical (unpaired) electrons. The minimum Gasteiger partial charge on any atom is -0.502 e. The number of hydrogen-bond donors (Lipinski definition) is 1. The molecule has 28 heavy (non-hydrogen) atoms. The number of nitrogens with zero attached hydrogens (tertiary/aromatic N) is 3. The van der Waals surface area contributed by atoms with E-state index in [0.29, 0.717) is 0 Å². The van der Waals surface area contributed by atoms with Gasteiger partial charge in [-0.2, -0.15) is 10.2 Å². The predicted octanol–water partition coefficient (Wildman–Crippen LogP) is 5.95. The first kappa shape index (κ1) is 23.2. The van der Waals surface area contributed by atoms with Crippen molar-refractivity contribution in [2.24, 2.45) is 0 Å². The van der Waals surface area contributed by atoms with Crippen molar-refractivity contribution in [2.45, 2.75) is 65.0 Å². The molecule has 156 valence electrons. The van der Waals surface area contributed by atoms with Crippen molar-refractivity contribution in [1.82, 2.24) is 20.0 Å². The molecule has 2 aromatic rings. The molecule has 1 fully saturated rings. The van der Waals surface area contributed by atoms with Gasteiger partial charge in [-0.1, -0.05) is 13.8 Å². The van der Waals surface area contributed by atoms with Crippen LogP contribution in [0.3, 0.4) is 0 Å². The van der Waals surface area contributed by atoms with Crippen molar-refractivity contribution >= 4 is 31.9 Å². The lowest BCUT2D eigenvalue weighted by Crippen LogP contribution is -2.18. The molecule has 0 saturated carbocycles. The zero-order chi connectivity index (χ0) is 20.2. The van der Waals surface area contributed by atoms with E-state index in [1.54, 1.807) is 12.5 Å². The van der Waals surface area contributed by atoms with Crippen LogP contribution in [0.15, 0.2) is 33.7 Å². The normalized spacial score (nSPS) is 18.4. The van der Waals surface area contributed by atoms with E-state index in [1.165, 1.54) is 25.7 Å². The van der Waals surface area contributed by atoms with Gasteiger partial charge in [0.2, 0.25) is 0 Å². The highest BCUT2D eigenvalue weighted by Crippen LogP contribution is 2.25. The zero-order valence-corrected chi connectivity index (χ0v) is 19.8. The Hall–Kier alpha value is -1.12. The van der Waals surface area contributed by atoms with Gasteiger partial charge >= 0.3 is 0 Å². The third kappa shape index (κ3) is 7.72. The van der Waals surface area contributed by atoms with Crippen LogP contribution in [0.2, 0.25) is 0 Å². The van der Waals surface area contributed by atoms with Gasteiger partial charge in [0, 0.05) is 18.5 Å². The van der Waals surface area contributed by atoms with Crippen LogP contribution in [-0.2, 0) is 22.3 Å². The molecule has 2 aromatic heterocycles. The van der Waals surface area contributed by atoms with Crippen molar-refractivity contribution < 1.29 is 9.47 Å². The Morgan fingerprint density at radius 3 is 2.39 bits per heavy atom. The molecule has 1 atom stereocenters. The van der Waals surface area contributed by atoms with Crippen molar-refractivity contribution in [3.8, 4) is 0 Å². The van der Waals surface area contributed by atoms with Crippen molar-refractivity contribution in [1.29, 1.82) is 0 Å². The summed E-state index contributed by atoms with van der Waals surface area (Å²) in [5.74, 6) is 0. The number of H-pyrrole nitrogens is 1. The number of aromatic amines is 1. The van der Waals surface area contributed by atoms with Crippen LogP contribution in [-0.4, -0.2) is 33.2 Å². The molecule has 2 aliphatic heterocycles. The van der Waals surface area contributed by atoms with Crippen LogP contribution >= 0.6 is 31.9 Å². The molecule has 4 rings (SSSR count). The van der Waals surface area contributed by atoms with Gasteiger partial charge in [0.05, 0.1) is 33.7 Å². The quantitative estimate of drug-likeness (QED) is 0.546. The minimum atomic E-state index is 0.153. The summed E-state index contributed by atoms with van der Waals surface area (Å²) < 4.78 is 14.7. The lowest BCUT2D eigenvalue weighted by Gasteiger charge is -2.22. The van der Waals surface area contributed by atoms with E-state index in [4.69, 9.17) is 9.47 Å². The molecule has 1 unspecified atom stereocenters. The maximum atomic E-state index is 5.66. The fourth-order valence-corrected chi connectivity index (χ4v) is 3.80. The molecule has 6 nitrogen and oxygen atoms in total. The van der Waals surface area contributed by atoms with E-state index in [0.717, 1.165) is 52.8 Å². The van der Waals surface area contributed by atoms with Crippen LogP contribution in [0.4, 0.5) is 0 Å². The third-order valence-electron chi connectivity index (χ3n) is 4.39. The smallest absolute Gasteiger partial charge is 0.150 e. The Labute approximate surface area is 184 Å². The van der Waals surface area contributed by atoms with Gasteiger partial charge in [-0.15, -0.1) is 0 Å². The van der Waals surface area contributed by atoms with Crippen LogP contribution < -0.4 is 0 Å². The molecule has 0 aliphatic carbocycles. The summed E-state index contributed by atoms with van der Waals surface area (Å²) in [6.45, 7) is 5.97. The highest BCUT2D eigenvalue weighted by Gasteiger charge is 2.17. The van der Waals surface area contributed by atoms with Crippen LogP contribution in [0.5, 0.6) is 0 Å². The summed E-state index contributed by atoms with van der Waals surface area (Å²) in [7, 11) is 0. The topological polar surface area (TPSA) is 65.0 Å². The molecule has 0 aromatic carbocycles. The lowest BCUT2D eigenvalue weighted by atomic mass is 10.2. The summed E-state index contributed by atoms with van der Waals surface area (Å²) in [5, 5.41) is 11.2. The highest BCUT2D eigenvalue weighted by atomic mass is 79.9. The first-order chi connectivity index (χ1) is 13.7. The minimum absolute atomic E-state index is 0.153. The van der Waals surface area contributed by atoms with Gasteiger partial charge in [-0.3, -0.25) is 5.10 Å². The summed E-state index contributed by atoms with van der Waals surface area (Å²) >= 11 is 6.84. The molecular formula is C20H30Br2N4O2. The van der Waals surface area contributed by atoms with Crippen LogP contribution in [0.25, 0.3) is 0 Å². The second-order valence-electron chi connectivity index (χ2n) is 6.51. The molecule has 0 bridgehead atoms. The summed E-state index contributed by atoms with van der Waals surface area (Å²) in [6, 6.07) is 0. The van der Waals surface area contributed by atoms with Crippen LogP contribution in [0.1, 0.15) is 63.6 Å². The van der Waals surface area contributed by atoms with Gasteiger partial charge in [-0.25, -0.2) is 4.68 Å². The highest BCUT2D eigenvalue weighted by molar-refractivity contribution is 9.10. The Bertz CT molecular complexity index is 701. The largest absolute Gasteiger partial charge is 0.502 e. The van der Waals surface area contributed by atoms with Crippen molar-refractivity contribution in [3.63, 3.8) is 0 Å². The van der Waals surface area contributed by atoms with Crippen molar-refractivity contribution in [2.75, 3.05) is 13.2 Å². The third-order valence-corrected chi connectivity index (χ3v) is 5.73. The second-order valence-corrected chi connectivity index (χ2v) is 8.22. The number of hydrogen-bond acceptors (Lipinski definition) is 4. The molecule has 1 N–H and O–H groups in total. The molecular weight excluding hydrogens is 488 g/mol. The number of nitrogens with one attached hydrogen (secondary N) is 1. The van der Waals surface area contributed by atoms with E-state index >= 15 is 0 Å². The molecule has 1 saturated heterocycles. The lowest BCUT2D eigenvalue weighted by molar-refractivity contribution is -0.0397. The van der Waals surface area contributed by atoms with E-state index in [-0.39, 0.29) is 6.23 Å². The van der Waals surface area contributed by atoms with Gasteiger partial charge in [0.15, 0.2) is 0 Å². The number of aromatic nitrogens is 4. The number of aryl methyl sites for hydroxylation is 2. The Morgan fingerprint density at radius 2 is 2.00 bits per heavy atom. The summed E-state index contributed by atoms with van der Waals surface area (Å²) in [4.78, 5) is 0. The summed E-state index contributed by atoms with van der Waals surface area (Å²) in [5.41, 5.74) is 2.27. The van der Waals surface area contributed by atoms with Gasteiger partial charge in [-0.05, 0) is 82.9 Å². The average Bonchev–Trinajstić information content (AvgIpc) is 3.35. The fourth-order valence-electron chi connectivity index (χ4n) is 2.76. The maximum Gasteiger partial charge on any atom is 0.150 e. The van der Waals surface area contributed by atoms with E-state index in [9.17, 15) is 0 Å². The Balaban J connectivity index is 0.000000169. The standard InChI is InChI=1S/C10H15BrN2O.C5H7BrN2.C5H8O/c1-2-9-8(11)7-13(12-9)10-5-3-4-6-14-10;1-2-5-4(6)3-7-8-5;1-2-4-6-5-3-1/h7,10H,2-6H2,1H3;3H,2H2,1H3,(H,7,8);2,4H,1,3,5H2. The average molecular weight is 518 g/mol. The van der Waals surface area contributed by atoms with Gasteiger partial charge in [0.25, 0.3) is 0 Å². The number of rotatable bonds is 3. The van der Waals surface area contributed by atoms with Crippen LogP contribution in [0, 0.1) is 0 Å². The second kappa shape index (κ2) is 13.2. The van der Waals surface area contributed by atoms with E-state index < -0.39 is 0 Å². The predicted molar refractivity (Wildman–Crippen MR) is 118 cm³/mol. The number of allylic oxidation sites excluding steroid dienone is 1. The van der Waals surface area contributed by atoms with E-state index in [2.05, 4.69) is 61.0 Å². The SMILES string of the molecule is C1=COCCC1.CCc1[nH]ncc1Br.CCc1nn(C2CCCCO2)cc1Br. The van der Waals surface area contributed by atoms with E-state index in [1.807, 2.05) is 17.0 Å². The Morgan fingerprint density at radius 1 is 1.14 bits per heavy atom. The molecule has 2 aliphatic rings. The zero-order valence-electron chi connectivity index (χ0n) is 16.7. The molecule has 8 heteroatoms. The monoisotopic (exact) mass is 516 g/mol. The Kier molecular flexibility index (Phi) is 10.9. The van der Waals surface area contributed by atoms with Gasteiger partial charge < -0.3 is 9.47 Å². The number of halogens is 2. The first-order valence-electron chi connectivity index (χ1n) is 9.95. The molecule has 0 amide bonds. The van der Waals surface area contributed by atoms with Gasteiger partial charge in [0.1, 0.15) is 6.23 Å². The number of ether oxygens (including phenoxy) is 2. The van der Waals surface area contributed by atoms with Crippen molar-refractivity contribution in [3.05, 3.63) is 45.1 Å². The first-order valence-corrected chi connectivity index (χ1v) is 11.5. The molecule has 0 spiro atoms. The maximum absolute atomic E-state index is 5.66.